The van der Waals surface area contributed by atoms with E-state index in [0.717, 1.165) is 42.2 Å². The largest absolute Gasteiger partial charge is 0.488 e. The van der Waals surface area contributed by atoms with Crippen LogP contribution in [-0.2, 0) is 17.9 Å². The maximum Gasteiger partial charge on any atom is 0.293 e. The molecule has 4 nitrogen and oxygen atoms in total. The highest BCUT2D eigenvalue weighted by Gasteiger charge is 2.35. The molecular weight excluding hydrogens is 625 g/mol. The lowest BCUT2D eigenvalue weighted by Gasteiger charge is -2.12. The van der Waals surface area contributed by atoms with E-state index in [1.165, 1.54) is 4.90 Å². The van der Waals surface area contributed by atoms with Gasteiger partial charge in [0.2, 0.25) is 0 Å². The van der Waals surface area contributed by atoms with Crippen LogP contribution in [-0.4, -0.2) is 16.0 Å². The molecule has 3 aromatic carbocycles. The summed E-state index contributed by atoms with van der Waals surface area (Å²) in [6.45, 7) is 0.617. The Hall–Kier alpha value is -1.81. The van der Waals surface area contributed by atoms with Crippen molar-refractivity contribution in [2.24, 2.45) is 0 Å². The second kappa shape index (κ2) is 10.4. The average molecular weight is 641 g/mol. The molecule has 0 N–H and O–H groups in total. The molecule has 0 aromatic heterocycles. The van der Waals surface area contributed by atoms with Crippen molar-refractivity contribution in [2.75, 3.05) is 0 Å². The molecule has 1 heterocycles. The summed E-state index contributed by atoms with van der Waals surface area (Å²) in [6, 6.07) is 20.8. The van der Waals surface area contributed by atoms with Crippen molar-refractivity contribution < 1.29 is 14.3 Å². The van der Waals surface area contributed by atoms with Crippen molar-refractivity contribution in [3.8, 4) is 5.75 Å². The predicted octanol–water partition coefficient (Wildman–Crippen LogP) is 7.52. The summed E-state index contributed by atoms with van der Waals surface area (Å²) in [6.07, 6.45) is 1.74. The van der Waals surface area contributed by atoms with Crippen LogP contribution in [0.1, 0.15) is 16.7 Å². The third-order valence-electron chi connectivity index (χ3n) is 4.72. The molecule has 1 saturated heterocycles. The number of halogens is 3. The number of imide groups is 1. The van der Waals surface area contributed by atoms with Gasteiger partial charge in [-0.1, -0.05) is 63.9 Å². The van der Waals surface area contributed by atoms with E-state index in [1.807, 2.05) is 66.7 Å². The first kappa shape index (κ1) is 23.4. The molecule has 0 unspecified atom stereocenters. The number of rotatable bonds is 6. The summed E-state index contributed by atoms with van der Waals surface area (Å²) in [7, 11) is 0. The number of benzene rings is 3. The van der Waals surface area contributed by atoms with Crippen LogP contribution in [0.5, 0.6) is 5.75 Å². The summed E-state index contributed by atoms with van der Waals surface area (Å²) in [5, 5.41) is 0.400. The van der Waals surface area contributed by atoms with Crippen LogP contribution in [0, 0.1) is 3.57 Å². The van der Waals surface area contributed by atoms with Crippen molar-refractivity contribution in [3.05, 3.63) is 101 Å². The Morgan fingerprint density at radius 1 is 1.06 bits per heavy atom. The van der Waals surface area contributed by atoms with Gasteiger partial charge in [-0.2, -0.15) is 0 Å². The minimum Gasteiger partial charge on any atom is -0.488 e. The molecule has 0 spiro atoms. The zero-order valence-electron chi connectivity index (χ0n) is 16.6. The number of nitrogens with zero attached hydrogens (tertiary/aromatic N) is 1. The SMILES string of the molecule is O=C1S/C(=C\c2ccc(OCc3ccccc3Cl)c(I)c2)C(=O)N1Cc1ccc(Br)cc1. The van der Waals surface area contributed by atoms with Gasteiger partial charge in [-0.15, -0.1) is 0 Å². The van der Waals surface area contributed by atoms with E-state index in [2.05, 4.69) is 38.5 Å². The summed E-state index contributed by atoms with van der Waals surface area (Å²) in [4.78, 5) is 26.9. The van der Waals surface area contributed by atoms with E-state index in [9.17, 15) is 9.59 Å². The Kier molecular flexibility index (Phi) is 7.60. The van der Waals surface area contributed by atoms with E-state index >= 15 is 0 Å². The third-order valence-corrected chi connectivity index (χ3v) is 7.37. The molecule has 0 aliphatic carbocycles. The van der Waals surface area contributed by atoms with Gasteiger partial charge in [0.05, 0.1) is 15.0 Å². The highest BCUT2D eigenvalue weighted by atomic mass is 127. The third kappa shape index (κ3) is 5.57. The highest BCUT2D eigenvalue weighted by molar-refractivity contribution is 14.1. The molecule has 162 valence electrons. The van der Waals surface area contributed by atoms with Crippen LogP contribution in [0.15, 0.2) is 76.1 Å². The Morgan fingerprint density at radius 2 is 1.81 bits per heavy atom. The molecule has 3 aromatic rings. The molecule has 8 heteroatoms. The quantitative estimate of drug-likeness (QED) is 0.207. The zero-order valence-corrected chi connectivity index (χ0v) is 21.9. The van der Waals surface area contributed by atoms with Crippen LogP contribution in [0.25, 0.3) is 6.08 Å². The van der Waals surface area contributed by atoms with Crippen molar-refractivity contribution in [1.29, 1.82) is 0 Å². The molecule has 0 radical (unpaired) electrons. The lowest BCUT2D eigenvalue weighted by molar-refractivity contribution is -0.123. The monoisotopic (exact) mass is 639 g/mol. The Bertz CT molecular complexity index is 1220. The standard InChI is InChI=1S/C24H16BrClINO3S/c25-18-8-5-15(6-9-18)13-28-23(29)22(32-24(28)30)12-16-7-10-21(20(27)11-16)31-14-17-3-1-2-4-19(17)26/h1-12H,13-14H2/b22-12-. The Labute approximate surface area is 217 Å². The van der Waals surface area contributed by atoms with Gasteiger partial charge in [0.25, 0.3) is 11.1 Å². The molecule has 2 amide bonds. The van der Waals surface area contributed by atoms with Crippen molar-refractivity contribution in [3.63, 3.8) is 0 Å². The molecule has 0 saturated carbocycles. The summed E-state index contributed by atoms with van der Waals surface area (Å²) < 4.78 is 7.76. The minimum absolute atomic E-state index is 0.252. The first-order valence-electron chi connectivity index (χ1n) is 9.56. The Morgan fingerprint density at radius 3 is 2.53 bits per heavy atom. The van der Waals surface area contributed by atoms with Crippen molar-refractivity contribution >= 4 is 79.1 Å². The van der Waals surface area contributed by atoms with Crippen LogP contribution in [0.4, 0.5) is 4.79 Å². The number of hydrogen-bond acceptors (Lipinski definition) is 4. The van der Waals surface area contributed by atoms with E-state index in [-0.39, 0.29) is 17.7 Å². The van der Waals surface area contributed by atoms with E-state index in [4.69, 9.17) is 16.3 Å². The predicted molar refractivity (Wildman–Crippen MR) is 141 cm³/mol. The number of thioether (sulfide) groups is 1. The summed E-state index contributed by atoms with van der Waals surface area (Å²) in [5.74, 6) is 0.447. The van der Waals surface area contributed by atoms with Crippen LogP contribution >= 0.6 is 61.9 Å². The smallest absolute Gasteiger partial charge is 0.293 e. The fourth-order valence-electron chi connectivity index (χ4n) is 3.05. The number of ether oxygens (including phenoxy) is 1. The van der Waals surface area contributed by atoms with Gasteiger partial charge >= 0.3 is 0 Å². The minimum atomic E-state index is -0.281. The number of carbonyl (C=O) groups excluding carboxylic acids is 2. The molecular formula is C24H16BrClINO3S. The second-order valence-electron chi connectivity index (χ2n) is 6.96. The van der Waals surface area contributed by atoms with Gasteiger partial charge in [0.15, 0.2) is 0 Å². The fraction of sp³-hybridized carbons (Fsp3) is 0.0833. The molecule has 0 atom stereocenters. The molecule has 1 aliphatic heterocycles. The lowest BCUT2D eigenvalue weighted by atomic mass is 10.2. The van der Waals surface area contributed by atoms with Gasteiger partial charge in [-0.3, -0.25) is 14.5 Å². The number of hydrogen-bond donors (Lipinski definition) is 0. The zero-order chi connectivity index (χ0) is 22.7. The van der Waals surface area contributed by atoms with E-state index in [0.29, 0.717) is 16.5 Å². The van der Waals surface area contributed by atoms with Gasteiger partial charge in [-0.05, 0) is 81.9 Å². The van der Waals surface area contributed by atoms with Crippen LogP contribution < -0.4 is 4.74 Å². The van der Waals surface area contributed by atoms with Crippen molar-refractivity contribution in [1.82, 2.24) is 4.90 Å². The first-order chi connectivity index (χ1) is 15.4. The fourth-order valence-corrected chi connectivity index (χ4v) is 5.04. The van der Waals surface area contributed by atoms with Gasteiger partial charge in [0.1, 0.15) is 12.4 Å². The van der Waals surface area contributed by atoms with E-state index < -0.39 is 0 Å². The summed E-state index contributed by atoms with van der Waals surface area (Å²) >= 11 is 12.7. The van der Waals surface area contributed by atoms with E-state index in [1.54, 1.807) is 6.08 Å². The van der Waals surface area contributed by atoms with Crippen LogP contribution in [0.2, 0.25) is 5.02 Å². The number of carbonyl (C=O) groups is 2. The maximum atomic E-state index is 12.8. The Balaban J connectivity index is 1.45. The van der Waals surface area contributed by atoms with Gasteiger partial charge in [0, 0.05) is 15.1 Å². The van der Waals surface area contributed by atoms with Gasteiger partial charge < -0.3 is 4.74 Å². The topological polar surface area (TPSA) is 46.6 Å². The number of amides is 2. The molecule has 32 heavy (non-hydrogen) atoms. The molecule has 0 bridgehead atoms. The lowest BCUT2D eigenvalue weighted by Crippen LogP contribution is -2.27. The first-order valence-corrected chi connectivity index (χ1v) is 12.6. The maximum absolute atomic E-state index is 12.8. The highest BCUT2D eigenvalue weighted by Crippen LogP contribution is 2.34. The second-order valence-corrected chi connectivity index (χ2v) is 10.4. The van der Waals surface area contributed by atoms with Crippen LogP contribution in [0.3, 0.4) is 0 Å². The average Bonchev–Trinajstić information content (AvgIpc) is 3.03. The normalized spacial score (nSPS) is 15.0. The molecule has 1 aliphatic rings. The van der Waals surface area contributed by atoms with Crippen molar-refractivity contribution in [2.45, 2.75) is 13.2 Å². The molecule has 1 fully saturated rings. The molecule has 4 rings (SSSR count). The summed E-state index contributed by atoms with van der Waals surface area (Å²) in [5.41, 5.74) is 2.63. The van der Waals surface area contributed by atoms with Gasteiger partial charge in [-0.25, -0.2) is 0 Å².